The van der Waals surface area contributed by atoms with Gasteiger partial charge in [0, 0.05) is 17.9 Å². The van der Waals surface area contributed by atoms with Crippen molar-refractivity contribution in [1.29, 1.82) is 0 Å². The summed E-state index contributed by atoms with van der Waals surface area (Å²) < 4.78 is 16.0. The van der Waals surface area contributed by atoms with Crippen LogP contribution in [0.15, 0.2) is 0 Å². The van der Waals surface area contributed by atoms with Crippen molar-refractivity contribution in [1.82, 2.24) is 0 Å². The van der Waals surface area contributed by atoms with Gasteiger partial charge in [0.2, 0.25) is 0 Å². The Morgan fingerprint density at radius 1 is 0.947 bits per heavy atom. The maximum Gasteiger partial charge on any atom is 0.189 e. The minimum Gasteiger partial charge on any atom is -0.378 e. The van der Waals surface area contributed by atoms with Gasteiger partial charge in [0.1, 0.15) is 0 Å². The lowest BCUT2D eigenvalue weighted by atomic mass is 10.5. The van der Waals surface area contributed by atoms with Crippen LogP contribution in [-0.2, 0) is 19.0 Å². The molecule has 0 N–H and O–H groups in total. The van der Waals surface area contributed by atoms with Crippen molar-refractivity contribution in [2.45, 2.75) is 6.42 Å². The van der Waals surface area contributed by atoms with Crippen molar-refractivity contribution in [3.05, 3.63) is 0 Å². The van der Waals surface area contributed by atoms with Crippen molar-refractivity contribution in [3.63, 3.8) is 0 Å². The third-order valence-electron chi connectivity index (χ3n) is 1.98. The molecule has 0 radical (unpaired) electrons. The van der Waals surface area contributed by atoms with E-state index in [0.29, 0.717) is 51.0 Å². The molecule has 0 aromatic heterocycles. The van der Waals surface area contributed by atoms with E-state index in [-0.39, 0.29) is 5.12 Å². The number of carbonyl (C=O) groups excluding carboxylic acids is 1. The molecule has 0 aromatic carbocycles. The molecule has 0 rings (SSSR count). The van der Waals surface area contributed by atoms with E-state index < -0.39 is 0 Å². The molecule has 0 amide bonds. The van der Waals surface area contributed by atoms with Gasteiger partial charge < -0.3 is 14.2 Å². The highest BCUT2D eigenvalue weighted by molar-refractivity contribution is 8.13. The van der Waals surface area contributed by atoms with E-state index in [1.807, 2.05) is 0 Å². The summed E-state index contributed by atoms with van der Waals surface area (Å²) in [6.07, 6.45) is 2.58. The standard InChI is InChI=1S/C12H24O4S3/c1-18-10-7-15-5-3-14-4-6-16-8-11-19-12(13)2-9-17/h17H,2-11H2,1H3. The van der Waals surface area contributed by atoms with Crippen molar-refractivity contribution >= 4 is 41.3 Å². The lowest BCUT2D eigenvalue weighted by Crippen LogP contribution is -2.11. The van der Waals surface area contributed by atoms with Crippen LogP contribution in [-0.4, -0.2) is 68.3 Å². The van der Waals surface area contributed by atoms with E-state index in [4.69, 9.17) is 14.2 Å². The smallest absolute Gasteiger partial charge is 0.189 e. The summed E-state index contributed by atoms with van der Waals surface area (Å²) in [6, 6.07) is 0. The van der Waals surface area contributed by atoms with E-state index in [2.05, 4.69) is 18.9 Å². The predicted molar refractivity (Wildman–Crippen MR) is 86.8 cm³/mol. The van der Waals surface area contributed by atoms with E-state index in [1.54, 1.807) is 11.8 Å². The van der Waals surface area contributed by atoms with Gasteiger partial charge in [0.15, 0.2) is 5.12 Å². The monoisotopic (exact) mass is 328 g/mol. The Balaban J connectivity index is 3.01. The summed E-state index contributed by atoms with van der Waals surface area (Å²) in [5, 5.41) is 0.178. The second-order valence-electron chi connectivity index (χ2n) is 3.52. The molecule has 0 aliphatic carbocycles. The number of hydrogen-bond acceptors (Lipinski definition) is 7. The Morgan fingerprint density at radius 3 is 2.00 bits per heavy atom. The molecule has 7 heteroatoms. The van der Waals surface area contributed by atoms with Crippen LogP contribution in [0.5, 0.6) is 0 Å². The van der Waals surface area contributed by atoms with Gasteiger partial charge in [-0.25, -0.2) is 0 Å². The number of ether oxygens (including phenoxy) is 3. The summed E-state index contributed by atoms with van der Waals surface area (Å²) >= 11 is 7.08. The van der Waals surface area contributed by atoms with Crippen LogP contribution >= 0.6 is 36.2 Å². The van der Waals surface area contributed by atoms with Crippen LogP contribution in [0.4, 0.5) is 0 Å². The normalized spacial score (nSPS) is 10.8. The largest absolute Gasteiger partial charge is 0.378 e. The maximum atomic E-state index is 11.1. The average Bonchev–Trinajstić information content (AvgIpc) is 2.40. The number of thiol groups is 1. The Hall–Kier alpha value is 0.600. The summed E-state index contributed by atoms with van der Waals surface area (Å²) in [6.45, 7) is 3.73. The first-order valence-electron chi connectivity index (χ1n) is 6.30. The molecule has 114 valence electrons. The fourth-order valence-corrected chi connectivity index (χ4v) is 2.38. The molecule has 0 heterocycles. The fraction of sp³-hybridized carbons (Fsp3) is 0.917. The summed E-state index contributed by atoms with van der Waals surface area (Å²) in [5.74, 6) is 2.33. The van der Waals surface area contributed by atoms with Crippen LogP contribution < -0.4 is 0 Å². The second kappa shape index (κ2) is 16.7. The zero-order valence-electron chi connectivity index (χ0n) is 11.5. The van der Waals surface area contributed by atoms with Crippen molar-refractivity contribution < 1.29 is 19.0 Å². The van der Waals surface area contributed by atoms with Crippen LogP contribution in [0.25, 0.3) is 0 Å². The minimum atomic E-state index is 0.178. The lowest BCUT2D eigenvalue weighted by Gasteiger charge is -2.06. The molecule has 0 fully saturated rings. The van der Waals surface area contributed by atoms with Gasteiger partial charge in [0.05, 0.1) is 39.6 Å². The van der Waals surface area contributed by atoms with Gasteiger partial charge >= 0.3 is 0 Å². The maximum absolute atomic E-state index is 11.1. The summed E-state index contributed by atoms with van der Waals surface area (Å²) in [5.41, 5.74) is 0. The predicted octanol–water partition coefficient (Wildman–Crippen LogP) is 1.98. The Kier molecular flexibility index (Phi) is 17.2. The zero-order chi connectivity index (χ0) is 14.2. The molecule has 0 aromatic rings. The Labute approximate surface area is 130 Å². The van der Waals surface area contributed by atoms with Crippen LogP contribution in [0.2, 0.25) is 0 Å². The van der Waals surface area contributed by atoms with Crippen molar-refractivity contribution in [2.75, 3.05) is 63.2 Å². The van der Waals surface area contributed by atoms with Gasteiger partial charge in [0.25, 0.3) is 0 Å². The molecule has 0 unspecified atom stereocenters. The Bertz CT molecular complexity index is 205. The molecule has 0 aliphatic rings. The highest BCUT2D eigenvalue weighted by Crippen LogP contribution is 2.05. The SMILES string of the molecule is CSCCOCCOCCOCCSC(=O)CCS. The molecule has 0 saturated heterocycles. The quantitative estimate of drug-likeness (QED) is 0.389. The molecule has 0 atom stereocenters. The lowest BCUT2D eigenvalue weighted by molar-refractivity contribution is -0.110. The van der Waals surface area contributed by atoms with Crippen molar-refractivity contribution in [2.24, 2.45) is 0 Å². The first-order chi connectivity index (χ1) is 9.31. The molecular formula is C12H24O4S3. The molecule has 0 saturated carbocycles. The first-order valence-corrected chi connectivity index (χ1v) is 9.31. The van der Waals surface area contributed by atoms with E-state index in [0.717, 1.165) is 12.4 Å². The van der Waals surface area contributed by atoms with Gasteiger partial charge in [-0.15, -0.1) is 0 Å². The Morgan fingerprint density at radius 2 is 1.47 bits per heavy atom. The van der Waals surface area contributed by atoms with Gasteiger partial charge in [-0.1, -0.05) is 11.8 Å². The van der Waals surface area contributed by atoms with E-state index in [1.165, 1.54) is 11.8 Å². The molecule has 0 spiro atoms. The molecule has 0 aliphatic heterocycles. The third-order valence-corrected chi connectivity index (χ3v) is 3.68. The zero-order valence-corrected chi connectivity index (χ0v) is 14.0. The minimum absolute atomic E-state index is 0.178. The van der Waals surface area contributed by atoms with Gasteiger partial charge in [-0.2, -0.15) is 24.4 Å². The molecule has 4 nitrogen and oxygen atoms in total. The molecular weight excluding hydrogens is 304 g/mol. The van der Waals surface area contributed by atoms with Crippen molar-refractivity contribution in [3.8, 4) is 0 Å². The average molecular weight is 329 g/mol. The first kappa shape index (κ1) is 19.6. The topological polar surface area (TPSA) is 44.8 Å². The fourth-order valence-electron chi connectivity index (χ4n) is 1.06. The summed E-state index contributed by atoms with van der Waals surface area (Å²) in [4.78, 5) is 11.1. The summed E-state index contributed by atoms with van der Waals surface area (Å²) in [7, 11) is 0. The number of hydrogen-bond donors (Lipinski definition) is 1. The highest BCUT2D eigenvalue weighted by atomic mass is 32.2. The van der Waals surface area contributed by atoms with Crippen LogP contribution in [0.3, 0.4) is 0 Å². The number of carbonyl (C=O) groups is 1. The van der Waals surface area contributed by atoms with E-state index in [9.17, 15) is 4.79 Å². The van der Waals surface area contributed by atoms with E-state index >= 15 is 0 Å². The van der Waals surface area contributed by atoms with Crippen LogP contribution in [0, 0.1) is 0 Å². The molecule has 0 bridgehead atoms. The molecule has 19 heavy (non-hydrogen) atoms. The number of rotatable bonds is 14. The van der Waals surface area contributed by atoms with Crippen LogP contribution in [0.1, 0.15) is 6.42 Å². The van der Waals surface area contributed by atoms with Gasteiger partial charge in [-0.05, 0) is 12.0 Å². The number of thioether (sulfide) groups is 2. The second-order valence-corrected chi connectivity index (χ2v) is 6.11. The highest BCUT2D eigenvalue weighted by Gasteiger charge is 2.00. The van der Waals surface area contributed by atoms with Gasteiger partial charge in [-0.3, -0.25) is 4.79 Å². The third kappa shape index (κ3) is 16.5.